The maximum Gasteiger partial charge on any atom is 0.407 e. The average Bonchev–Trinajstić information content (AvgIpc) is 2.29. The molecule has 3 nitrogen and oxygen atoms in total. The molecule has 0 aliphatic carbocycles. The highest BCUT2D eigenvalue weighted by Crippen LogP contribution is 2.46. The average molecular weight is 319 g/mol. The molecule has 7 heteroatoms. The number of carboxylic acid groups (broad SMARTS) is 1. The Labute approximate surface area is 125 Å². The van der Waals surface area contributed by atoms with E-state index in [9.17, 15) is 22.4 Å². The Hall–Kier alpha value is -1.79. The molecule has 1 amide bonds. The second-order valence-electron chi connectivity index (χ2n) is 6.60. The van der Waals surface area contributed by atoms with E-state index in [1.54, 1.807) is 20.8 Å². The summed E-state index contributed by atoms with van der Waals surface area (Å²) in [6.45, 7) is 5.05. The summed E-state index contributed by atoms with van der Waals surface area (Å²) in [5, 5.41) is 9.09. The fourth-order valence-corrected chi connectivity index (χ4v) is 3.10. The van der Waals surface area contributed by atoms with Gasteiger partial charge in [-0.05, 0) is 11.5 Å². The molecule has 0 aromatic heterocycles. The SMILES string of the molecule is CC(C)(C)C1C(C(F)c2cc(F)cc(F)c2F)CN1C(=O)O. The minimum Gasteiger partial charge on any atom is -0.465 e. The summed E-state index contributed by atoms with van der Waals surface area (Å²) in [5.41, 5.74) is -1.30. The molecule has 122 valence electrons. The maximum atomic E-state index is 14.6. The van der Waals surface area contributed by atoms with Crippen molar-refractivity contribution in [3.63, 3.8) is 0 Å². The van der Waals surface area contributed by atoms with Gasteiger partial charge in [0, 0.05) is 30.1 Å². The van der Waals surface area contributed by atoms with E-state index in [1.165, 1.54) is 0 Å². The summed E-state index contributed by atoms with van der Waals surface area (Å²) in [5.74, 6) is -4.82. The van der Waals surface area contributed by atoms with Crippen LogP contribution in [0.15, 0.2) is 12.1 Å². The van der Waals surface area contributed by atoms with Crippen molar-refractivity contribution in [2.45, 2.75) is 33.0 Å². The van der Waals surface area contributed by atoms with Gasteiger partial charge in [-0.25, -0.2) is 22.4 Å². The largest absolute Gasteiger partial charge is 0.465 e. The van der Waals surface area contributed by atoms with Gasteiger partial charge in [0.1, 0.15) is 12.0 Å². The lowest BCUT2D eigenvalue weighted by molar-refractivity contribution is -0.0686. The molecule has 1 N–H and O–H groups in total. The monoisotopic (exact) mass is 319 g/mol. The van der Waals surface area contributed by atoms with Gasteiger partial charge in [-0.2, -0.15) is 0 Å². The van der Waals surface area contributed by atoms with E-state index in [0.717, 1.165) is 4.90 Å². The van der Waals surface area contributed by atoms with E-state index in [0.29, 0.717) is 12.1 Å². The molecule has 1 heterocycles. The lowest BCUT2D eigenvalue weighted by Gasteiger charge is -2.53. The van der Waals surface area contributed by atoms with Crippen LogP contribution in [-0.2, 0) is 0 Å². The normalized spacial score (nSPS) is 23.1. The number of amides is 1. The molecule has 3 unspecified atom stereocenters. The lowest BCUT2D eigenvalue weighted by Crippen LogP contribution is -2.64. The van der Waals surface area contributed by atoms with Gasteiger partial charge in [0.2, 0.25) is 0 Å². The van der Waals surface area contributed by atoms with Crippen molar-refractivity contribution in [2.24, 2.45) is 11.3 Å². The van der Waals surface area contributed by atoms with Gasteiger partial charge in [0.05, 0.1) is 0 Å². The Morgan fingerprint density at radius 3 is 2.41 bits per heavy atom. The molecule has 0 radical (unpaired) electrons. The van der Waals surface area contributed by atoms with Gasteiger partial charge in [-0.1, -0.05) is 20.8 Å². The third-order valence-corrected chi connectivity index (χ3v) is 3.98. The molecule has 2 rings (SSSR count). The van der Waals surface area contributed by atoms with Gasteiger partial charge >= 0.3 is 6.09 Å². The van der Waals surface area contributed by atoms with Crippen molar-refractivity contribution < 1.29 is 27.5 Å². The predicted molar refractivity (Wildman–Crippen MR) is 71.6 cm³/mol. The third kappa shape index (κ3) is 2.76. The summed E-state index contributed by atoms with van der Waals surface area (Å²) < 4.78 is 54.8. The number of carbonyl (C=O) groups is 1. The summed E-state index contributed by atoms with van der Waals surface area (Å²) in [6, 6.07) is 0.259. The van der Waals surface area contributed by atoms with E-state index >= 15 is 0 Å². The summed E-state index contributed by atoms with van der Waals surface area (Å²) in [4.78, 5) is 12.2. The van der Waals surface area contributed by atoms with Crippen LogP contribution in [0.5, 0.6) is 0 Å². The van der Waals surface area contributed by atoms with Crippen LogP contribution in [0.1, 0.15) is 32.5 Å². The number of likely N-dealkylation sites (tertiary alicyclic amines) is 1. The second-order valence-corrected chi connectivity index (χ2v) is 6.60. The topological polar surface area (TPSA) is 40.5 Å². The van der Waals surface area contributed by atoms with Gasteiger partial charge in [-0.15, -0.1) is 0 Å². The van der Waals surface area contributed by atoms with Crippen LogP contribution < -0.4 is 0 Å². The van der Waals surface area contributed by atoms with Crippen molar-refractivity contribution >= 4 is 6.09 Å². The van der Waals surface area contributed by atoms with Gasteiger partial charge < -0.3 is 10.0 Å². The van der Waals surface area contributed by atoms with Crippen molar-refractivity contribution in [1.82, 2.24) is 4.90 Å². The Morgan fingerprint density at radius 1 is 1.32 bits per heavy atom. The molecule has 1 aliphatic rings. The van der Waals surface area contributed by atoms with Crippen LogP contribution in [-0.4, -0.2) is 28.7 Å². The second kappa shape index (κ2) is 5.44. The van der Waals surface area contributed by atoms with E-state index in [1.807, 2.05) is 0 Å². The highest BCUT2D eigenvalue weighted by molar-refractivity contribution is 5.67. The van der Waals surface area contributed by atoms with Crippen molar-refractivity contribution in [2.75, 3.05) is 6.54 Å². The first-order chi connectivity index (χ1) is 10.0. The minimum absolute atomic E-state index is 0.143. The predicted octanol–water partition coefficient (Wildman–Crippen LogP) is 4.14. The van der Waals surface area contributed by atoms with E-state index in [2.05, 4.69) is 0 Å². The highest BCUT2D eigenvalue weighted by Gasteiger charge is 2.52. The number of alkyl halides is 1. The molecule has 1 saturated heterocycles. The number of nitrogens with zero attached hydrogens (tertiary/aromatic N) is 1. The zero-order valence-corrected chi connectivity index (χ0v) is 12.4. The smallest absolute Gasteiger partial charge is 0.407 e. The fourth-order valence-electron chi connectivity index (χ4n) is 3.10. The van der Waals surface area contributed by atoms with Crippen molar-refractivity contribution in [3.05, 3.63) is 35.1 Å². The molecule has 3 atom stereocenters. The molecule has 0 spiro atoms. The Balaban J connectivity index is 2.34. The molecular weight excluding hydrogens is 302 g/mol. The number of hydrogen-bond acceptors (Lipinski definition) is 1. The zero-order valence-electron chi connectivity index (χ0n) is 12.4. The zero-order chi connectivity index (χ0) is 16.8. The van der Waals surface area contributed by atoms with E-state index in [-0.39, 0.29) is 6.54 Å². The van der Waals surface area contributed by atoms with Crippen LogP contribution in [0.25, 0.3) is 0 Å². The molecule has 0 bridgehead atoms. The standard InChI is InChI=1S/C15H17F4NO2/c1-15(2,3)13-9(6-20(13)14(21)22)11(18)8-4-7(16)5-10(17)12(8)19/h4-5,9,11,13H,6H2,1-3H3,(H,21,22). The lowest BCUT2D eigenvalue weighted by atomic mass is 9.69. The van der Waals surface area contributed by atoms with Crippen LogP contribution in [0.4, 0.5) is 22.4 Å². The number of benzene rings is 1. The third-order valence-electron chi connectivity index (χ3n) is 3.98. The summed E-state index contributed by atoms with van der Waals surface area (Å²) in [6.07, 6.45) is -3.18. The van der Waals surface area contributed by atoms with Crippen LogP contribution in [0, 0.1) is 28.8 Å². The van der Waals surface area contributed by atoms with Gasteiger partial charge in [0.15, 0.2) is 11.6 Å². The quantitative estimate of drug-likeness (QED) is 0.657. The number of hydrogen-bond donors (Lipinski definition) is 1. The highest BCUT2D eigenvalue weighted by atomic mass is 19.2. The van der Waals surface area contributed by atoms with Crippen LogP contribution >= 0.6 is 0 Å². The molecule has 0 saturated carbocycles. The Kier molecular flexibility index (Phi) is 4.10. The molecular formula is C15H17F4NO2. The minimum atomic E-state index is -1.98. The van der Waals surface area contributed by atoms with E-state index in [4.69, 9.17) is 5.11 Å². The Bertz CT molecular complexity index is 600. The fraction of sp³-hybridized carbons (Fsp3) is 0.533. The summed E-state index contributed by atoms with van der Waals surface area (Å²) >= 11 is 0. The maximum absolute atomic E-state index is 14.6. The van der Waals surface area contributed by atoms with Gasteiger partial charge in [0.25, 0.3) is 0 Å². The molecule has 1 fully saturated rings. The van der Waals surface area contributed by atoms with Crippen LogP contribution in [0.2, 0.25) is 0 Å². The van der Waals surface area contributed by atoms with E-state index < -0.39 is 52.7 Å². The Morgan fingerprint density at radius 2 is 1.91 bits per heavy atom. The first kappa shape index (κ1) is 16.6. The van der Waals surface area contributed by atoms with Crippen molar-refractivity contribution in [3.8, 4) is 0 Å². The molecule has 1 aromatic rings. The van der Waals surface area contributed by atoms with Crippen molar-refractivity contribution in [1.29, 1.82) is 0 Å². The van der Waals surface area contributed by atoms with Gasteiger partial charge in [-0.3, -0.25) is 0 Å². The summed E-state index contributed by atoms with van der Waals surface area (Å²) in [7, 11) is 0. The molecule has 22 heavy (non-hydrogen) atoms. The molecule has 1 aliphatic heterocycles. The number of rotatable bonds is 2. The number of halogens is 4. The molecule has 1 aromatic carbocycles. The first-order valence-electron chi connectivity index (χ1n) is 6.82. The first-order valence-corrected chi connectivity index (χ1v) is 6.82. The van der Waals surface area contributed by atoms with Crippen LogP contribution in [0.3, 0.4) is 0 Å².